The van der Waals surface area contributed by atoms with E-state index in [1.807, 2.05) is 0 Å². The number of phosphoric ester groups is 1. The summed E-state index contributed by atoms with van der Waals surface area (Å²) in [5.41, 5.74) is 6.52. The van der Waals surface area contributed by atoms with Gasteiger partial charge >= 0.3 is 7.82 Å². The van der Waals surface area contributed by atoms with Crippen molar-refractivity contribution in [2.75, 3.05) is 0 Å². The molecule has 1 radical (unpaired) electrons. The summed E-state index contributed by atoms with van der Waals surface area (Å²) in [4.78, 5) is 15.9. The smallest absolute Gasteiger partial charge is 0.303 e. The molecule has 0 bridgehead atoms. The van der Waals surface area contributed by atoms with Crippen LogP contribution in [0.1, 0.15) is 6.92 Å². The molecule has 3 N–H and O–H groups in total. The molecular formula is C2H7NO4P. The Bertz CT molecular complexity index is 107. The lowest BCUT2D eigenvalue weighted by atomic mass is 10.7. The molecule has 1 atom stereocenters. The highest BCUT2D eigenvalue weighted by molar-refractivity contribution is 7.46. The Labute approximate surface area is 46.7 Å². The summed E-state index contributed by atoms with van der Waals surface area (Å²) < 4.78 is 13.6. The normalized spacial score (nSPS) is 16.0. The van der Waals surface area contributed by atoms with Crippen LogP contribution < -0.4 is 5.73 Å². The van der Waals surface area contributed by atoms with Gasteiger partial charge in [-0.25, -0.2) is 10.3 Å². The molecule has 0 fully saturated rings. The lowest BCUT2D eigenvalue weighted by Gasteiger charge is -2.05. The van der Waals surface area contributed by atoms with Gasteiger partial charge in [-0.2, -0.15) is 0 Å². The van der Waals surface area contributed by atoms with Gasteiger partial charge in [0, 0.05) is 0 Å². The highest BCUT2D eigenvalue weighted by Crippen LogP contribution is 2.36. The maximum Gasteiger partial charge on any atom is 0.471 e. The van der Waals surface area contributed by atoms with E-state index in [0.717, 1.165) is 0 Å². The van der Waals surface area contributed by atoms with Crippen LogP contribution in [-0.2, 0) is 9.09 Å². The van der Waals surface area contributed by atoms with Crippen molar-refractivity contribution in [3.63, 3.8) is 0 Å². The zero-order valence-corrected chi connectivity index (χ0v) is 5.13. The van der Waals surface area contributed by atoms with Gasteiger partial charge in [0.1, 0.15) is 6.23 Å². The van der Waals surface area contributed by atoms with E-state index >= 15 is 0 Å². The number of hydrogen-bond acceptors (Lipinski definition) is 2. The largest absolute Gasteiger partial charge is 0.471 e. The molecule has 0 aliphatic rings. The van der Waals surface area contributed by atoms with Crippen LogP contribution in [0.2, 0.25) is 0 Å². The van der Waals surface area contributed by atoms with Crippen molar-refractivity contribution in [1.82, 2.24) is 5.73 Å². The highest BCUT2D eigenvalue weighted by Gasteiger charge is 2.15. The topological polar surface area (TPSA) is 90.6 Å². The van der Waals surface area contributed by atoms with Crippen molar-refractivity contribution in [1.29, 1.82) is 0 Å². The minimum atomic E-state index is -4.41. The summed E-state index contributed by atoms with van der Waals surface area (Å²) >= 11 is 0. The van der Waals surface area contributed by atoms with Crippen LogP contribution in [0.5, 0.6) is 0 Å². The third kappa shape index (κ3) is 6.07. The van der Waals surface area contributed by atoms with Gasteiger partial charge < -0.3 is 9.79 Å². The predicted octanol–water partition coefficient (Wildman–Crippen LogP) is -0.275. The fraction of sp³-hybridized carbons (Fsp3) is 1.00. The Morgan fingerprint density at radius 1 is 1.75 bits per heavy atom. The number of hydrogen-bond donors (Lipinski definition) is 2. The third-order valence-electron chi connectivity index (χ3n) is 0.295. The molecule has 1 unspecified atom stereocenters. The van der Waals surface area contributed by atoms with E-state index < -0.39 is 14.1 Å². The second kappa shape index (κ2) is 2.57. The van der Waals surface area contributed by atoms with Gasteiger partial charge in [-0.1, -0.05) is 0 Å². The molecule has 0 saturated heterocycles. The van der Waals surface area contributed by atoms with Gasteiger partial charge in [-0.05, 0) is 6.92 Å². The van der Waals surface area contributed by atoms with E-state index in [1.165, 1.54) is 6.92 Å². The van der Waals surface area contributed by atoms with E-state index in [9.17, 15) is 4.57 Å². The third-order valence-corrected chi connectivity index (χ3v) is 0.886. The molecular weight excluding hydrogens is 133 g/mol. The molecule has 0 aromatic rings. The van der Waals surface area contributed by atoms with E-state index in [4.69, 9.17) is 15.5 Å². The maximum atomic E-state index is 9.79. The van der Waals surface area contributed by atoms with Crippen molar-refractivity contribution in [3.8, 4) is 0 Å². The van der Waals surface area contributed by atoms with Crippen LogP contribution in [0.4, 0.5) is 0 Å². The molecule has 0 heterocycles. The summed E-state index contributed by atoms with van der Waals surface area (Å²) in [5, 5.41) is 0. The minimum absolute atomic E-state index is 1.17. The SMILES string of the molecule is CC([NH])OP(=O)(O)O. The summed E-state index contributed by atoms with van der Waals surface area (Å²) in [6.07, 6.45) is -1.17. The molecule has 0 amide bonds. The molecule has 0 aromatic heterocycles. The van der Waals surface area contributed by atoms with Crippen LogP contribution in [0.25, 0.3) is 0 Å². The predicted molar refractivity (Wildman–Crippen MR) is 25.7 cm³/mol. The van der Waals surface area contributed by atoms with E-state index in [1.54, 1.807) is 0 Å². The molecule has 5 nitrogen and oxygen atoms in total. The van der Waals surface area contributed by atoms with Gasteiger partial charge in [0.15, 0.2) is 0 Å². The van der Waals surface area contributed by atoms with Gasteiger partial charge in [0.2, 0.25) is 0 Å². The van der Waals surface area contributed by atoms with Crippen molar-refractivity contribution in [2.45, 2.75) is 13.2 Å². The minimum Gasteiger partial charge on any atom is -0.303 e. The van der Waals surface area contributed by atoms with E-state index in [-0.39, 0.29) is 0 Å². The molecule has 8 heavy (non-hydrogen) atoms. The molecule has 0 aliphatic carbocycles. The van der Waals surface area contributed by atoms with Crippen molar-refractivity contribution >= 4 is 7.82 Å². The fourth-order valence-corrected chi connectivity index (χ4v) is 0.618. The Morgan fingerprint density at radius 2 is 2.12 bits per heavy atom. The number of rotatable bonds is 2. The molecule has 0 spiro atoms. The van der Waals surface area contributed by atoms with E-state index in [0.29, 0.717) is 0 Å². The second-order valence-electron chi connectivity index (χ2n) is 1.24. The summed E-state index contributed by atoms with van der Waals surface area (Å²) in [6.45, 7) is 1.22. The standard InChI is InChI=1S/C2H7NO4P/c1-2(3)7-8(4,5)6/h2-3H,1H3,(H2,4,5,6). The van der Waals surface area contributed by atoms with Crippen LogP contribution in [0.3, 0.4) is 0 Å². The summed E-state index contributed by atoms with van der Waals surface area (Å²) in [6, 6.07) is 0. The first-order chi connectivity index (χ1) is 3.42. The maximum absolute atomic E-state index is 9.79. The quantitative estimate of drug-likeness (QED) is 0.516. The molecule has 0 aromatic carbocycles. The number of phosphoric acid groups is 1. The summed E-state index contributed by atoms with van der Waals surface area (Å²) in [5.74, 6) is 0. The average Bonchev–Trinajstić information content (AvgIpc) is 1.21. The van der Waals surface area contributed by atoms with Gasteiger partial charge in [-0.3, -0.25) is 4.52 Å². The zero-order valence-electron chi connectivity index (χ0n) is 4.24. The molecule has 0 saturated carbocycles. The van der Waals surface area contributed by atoms with Gasteiger partial charge in [0.25, 0.3) is 0 Å². The first-order valence-corrected chi connectivity index (χ1v) is 3.40. The lowest BCUT2D eigenvalue weighted by Crippen LogP contribution is -2.05. The molecule has 6 heteroatoms. The van der Waals surface area contributed by atoms with Crippen LogP contribution in [0.15, 0.2) is 0 Å². The first-order valence-electron chi connectivity index (χ1n) is 1.87. The molecule has 0 aliphatic heterocycles. The monoisotopic (exact) mass is 140 g/mol. The van der Waals surface area contributed by atoms with Crippen molar-refractivity contribution in [2.24, 2.45) is 0 Å². The van der Waals surface area contributed by atoms with E-state index in [2.05, 4.69) is 4.52 Å². The Morgan fingerprint density at radius 3 is 2.12 bits per heavy atom. The number of nitrogens with one attached hydrogen (secondary N) is 1. The molecule has 0 rings (SSSR count). The van der Waals surface area contributed by atoms with Crippen LogP contribution in [0, 0.1) is 0 Å². The second-order valence-corrected chi connectivity index (χ2v) is 2.43. The van der Waals surface area contributed by atoms with Crippen molar-refractivity contribution in [3.05, 3.63) is 0 Å². The summed E-state index contributed by atoms with van der Waals surface area (Å²) in [7, 11) is -4.41. The first kappa shape index (κ1) is 8.07. The van der Waals surface area contributed by atoms with Gasteiger partial charge in [0.05, 0.1) is 0 Å². The van der Waals surface area contributed by atoms with Crippen LogP contribution >= 0.6 is 7.82 Å². The average molecular weight is 140 g/mol. The Balaban J connectivity index is 3.56. The fourth-order valence-electron chi connectivity index (χ4n) is 0.206. The zero-order chi connectivity index (χ0) is 6.78. The Hall–Kier alpha value is 0.0700. The van der Waals surface area contributed by atoms with Gasteiger partial charge in [-0.15, -0.1) is 0 Å². The Kier molecular flexibility index (Phi) is 2.59. The highest BCUT2D eigenvalue weighted by atomic mass is 31.2. The lowest BCUT2D eigenvalue weighted by molar-refractivity contribution is 0.144. The van der Waals surface area contributed by atoms with Crippen molar-refractivity contribution < 1.29 is 18.9 Å². The molecule has 49 valence electrons. The van der Waals surface area contributed by atoms with Crippen LogP contribution in [-0.4, -0.2) is 16.0 Å².